The van der Waals surface area contributed by atoms with E-state index in [9.17, 15) is 9.18 Å². The summed E-state index contributed by atoms with van der Waals surface area (Å²) in [6.45, 7) is 0.175. The normalized spacial score (nSPS) is 11.9. The molecule has 0 saturated carbocycles. The van der Waals surface area contributed by atoms with Crippen LogP contribution in [0.1, 0.15) is 11.5 Å². The van der Waals surface area contributed by atoms with Crippen LogP contribution in [0.15, 0.2) is 48.5 Å². The van der Waals surface area contributed by atoms with E-state index < -0.39 is 11.7 Å². The first kappa shape index (κ1) is 14.5. The molecule has 0 aliphatic heterocycles. The minimum absolute atomic E-state index is 0.155. The van der Waals surface area contributed by atoms with Crippen molar-refractivity contribution in [2.45, 2.75) is 5.92 Å². The molecule has 0 aliphatic carbocycles. The molecule has 0 heterocycles. The number of nitrogens with one attached hydrogen (secondary N) is 1. The number of benzene rings is 2. The van der Waals surface area contributed by atoms with Gasteiger partial charge in [-0.25, -0.2) is 4.39 Å². The third kappa shape index (κ3) is 3.35. The molecule has 1 atom stereocenters. The molecular formula is C15H14ClFN2O. The van der Waals surface area contributed by atoms with Gasteiger partial charge in [0.05, 0.1) is 16.6 Å². The van der Waals surface area contributed by atoms with E-state index in [2.05, 4.69) is 5.32 Å². The zero-order chi connectivity index (χ0) is 14.5. The Balaban J connectivity index is 2.18. The summed E-state index contributed by atoms with van der Waals surface area (Å²) in [5.41, 5.74) is 6.86. The van der Waals surface area contributed by atoms with Crippen LogP contribution in [0, 0.1) is 5.82 Å². The number of hydrogen-bond acceptors (Lipinski definition) is 2. The first-order chi connectivity index (χ1) is 9.61. The highest BCUT2D eigenvalue weighted by atomic mass is 35.5. The summed E-state index contributed by atoms with van der Waals surface area (Å²) >= 11 is 5.88. The van der Waals surface area contributed by atoms with Gasteiger partial charge in [-0.2, -0.15) is 0 Å². The lowest BCUT2D eigenvalue weighted by Gasteiger charge is -2.16. The number of carbonyl (C=O) groups excluding carboxylic acids is 1. The molecule has 5 heteroatoms. The summed E-state index contributed by atoms with van der Waals surface area (Å²) in [5.74, 6) is -1.20. The summed E-state index contributed by atoms with van der Waals surface area (Å²) in [7, 11) is 0. The number of hydrogen-bond donors (Lipinski definition) is 2. The van der Waals surface area contributed by atoms with E-state index in [0.29, 0.717) is 5.69 Å². The highest BCUT2D eigenvalue weighted by Crippen LogP contribution is 2.24. The Kier molecular flexibility index (Phi) is 4.71. The van der Waals surface area contributed by atoms with Crippen LogP contribution in [0.5, 0.6) is 0 Å². The fourth-order valence-electron chi connectivity index (χ4n) is 1.89. The van der Waals surface area contributed by atoms with E-state index in [1.165, 1.54) is 12.1 Å². The quantitative estimate of drug-likeness (QED) is 0.909. The molecule has 104 valence electrons. The molecule has 2 aromatic rings. The zero-order valence-corrected chi connectivity index (χ0v) is 11.4. The van der Waals surface area contributed by atoms with Gasteiger partial charge in [0.15, 0.2) is 0 Å². The van der Waals surface area contributed by atoms with Crippen LogP contribution in [0.2, 0.25) is 5.02 Å². The second-order valence-electron chi connectivity index (χ2n) is 4.31. The molecule has 2 aromatic carbocycles. The third-order valence-electron chi connectivity index (χ3n) is 2.94. The van der Waals surface area contributed by atoms with Crippen LogP contribution < -0.4 is 11.1 Å². The zero-order valence-electron chi connectivity index (χ0n) is 10.6. The maximum absolute atomic E-state index is 13.0. The Morgan fingerprint density at radius 3 is 2.55 bits per heavy atom. The monoisotopic (exact) mass is 292 g/mol. The van der Waals surface area contributed by atoms with Crippen molar-refractivity contribution in [2.24, 2.45) is 5.73 Å². The Morgan fingerprint density at radius 1 is 1.25 bits per heavy atom. The lowest BCUT2D eigenvalue weighted by atomic mass is 9.98. The molecule has 0 saturated heterocycles. The van der Waals surface area contributed by atoms with E-state index in [1.54, 1.807) is 0 Å². The topological polar surface area (TPSA) is 55.1 Å². The van der Waals surface area contributed by atoms with Crippen molar-refractivity contribution in [3.8, 4) is 0 Å². The Morgan fingerprint density at radius 2 is 1.95 bits per heavy atom. The minimum atomic E-state index is -0.475. The number of carbonyl (C=O) groups is 1. The Labute approximate surface area is 121 Å². The van der Waals surface area contributed by atoms with Gasteiger partial charge in [0.25, 0.3) is 0 Å². The van der Waals surface area contributed by atoms with Crippen LogP contribution >= 0.6 is 11.6 Å². The van der Waals surface area contributed by atoms with E-state index in [1.807, 2.05) is 30.3 Å². The van der Waals surface area contributed by atoms with E-state index in [0.717, 1.165) is 11.6 Å². The first-order valence-corrected chi connectivity index (χ1v) is 6.50. The van der Waals surface area contributed by atoms with Crippen LogP contribution in [-0.4, -0.2) is 12.5 Å². The maximum atomic E-state index is 13.0. The van der Waals surface area contributed by atoms with Gasteiger partial charge in [-0.05, 0) is 23.8 Å². The number of anilines is 1. The standard InChI is InChI=1S/C15H14ClFN2O/c16-13-8-11(17)6-7-14(13)19-15(20)12(9-18)10-4-2-1-3-5-10/h1-8,12H,9,18H2,(H,19,20). The summed E-state index contributed by atoms with van der Waals surface area (Å²) in [6.07, 6.45) is 0. The van der Waals surface area contributed by atoms with Gasteiger partial charge < -0.3 is 11.1 Å². The van der Waals surface area contributed by atoms with Crippen molar-refractivity contribution in [3.05, 3.63) is 64.9 Å². The van der Waals surface area contributed by atoms with Gasteiger partial charge in [-0.3, -0.25) is 4.79 Å². The van der Waals surface area contributed by atoms with Crippen molar-refractivity contribution in [1.29, 1.82) is 0 Å². The molecule has 0 spiro atoms. The molecule has 20 heavy (non-hydrogen) atoms. The summed E-state index contributed by atoms with van der Waals surface area (Å²) < 4.78 is 13.0. The van der Waals surface area contributed by atoms with Crippen LogP contribution in [0.4, 0.5) is 10.1 Å². The van der Waals surface area contributed by atoms with Crippen molar-refractivity contribution < 1.29 is 9.18 Å². The first-order valence-electron chi connectivity index (χ1n) is 6.12. The second-order valence-corrected chi connectivity index (χ2v) is 4.72. The lowest BCUT2D eigenvalue weighted by Crippen LogP contribution is -2.27. The van der Waals surface area contributed by atoms with Gasteiger partial charge in [0, 0.05) is 6.54 Å². The van der Waals surface area contributed by atoms with E-state index >= 15 is 0 Å². The van der Waals surface area contributed by atoms with Crippen molar-refractivity contribution >= 4 is 23.2 Å². The van der Waals surface area contributed by atoms with Gasteiger partial charge >= 0.3 is 0 Å². The smallest absolute Gasteiger partial charge is 0.233 e. The van der Waals surface area contributed by atoms with Crippen LogP contribution in [-0.2, 0) is 4.79 Å². The molecule has 0 radical (unpaired) electrons. The molecule has 3 N–H and O–H groups in total. The molecule has 3 nitrogen and oxygen atoms in total. The number of nitrogens with two attached hydrogens (primary N) is 1. The number of amides is 1. The van der Waals surface area contributed by atoms with E-state index in [4.69, 9.17) is 17.3 Å². The predicted octanol–water partition coefficient (Wildman–Crippen LogP) is 3.16. The van der Waals surface area contributed by atoms with Gasteiger partial charge in [0.1, 0.15) is 5.82 Å². The second kappa shape index (κ2) is 6.50. The summed E-state index contributed by atoms with van der Waals surface area (Å²) in [5, 5.41) is 2.82. The SMILES string of the molecule is NCC(C(=O)Nc1ccc(F)cc1Cl)c1ccccc1. The van der Waals surface area contributed by atoms with Gasteiger partial charge in [-0.15, -0.1) is 0 Å². The Bertz CT molecular complexity index is 604. The lowest BCUT2D eigenvalue weighted by molar-refractivity contribution is -0.117. The molecule has 0 fully saturated rings. The van der Waals surface area contributed by atoms with E-state index in [-0.39, 0.29) is 17.5 Å². The average Bonchev–Trinajstić information content (AvgIpc) is 2.44. The van der Waals surface area contributed by atoms with Crippen molar-refractivity contribution in [1.82, 2.24) is 0 Å². The molecule has 1 unspecified atom stereocenters. The summed E-state index contributed by atoms with van der Waals surface area (Å²) in [4.78, 5) is 12.2. The fraction of sp³-hybridized carbons (Fsp3) is 0.133. The molecule has 1 amide bonds. The molecule has 0 bridgehead atoms. The maximum Gasteiger partial charge on any atom is 0.233 e. The summed E-state index contributed by atoms with van der Waals surface area (Å²) in [6, 6.07) is 13.0. The Hall–Kier alpha value is -1.91. The molecule has 0 aliphatic rings. The molecular weight excluding hydrogens is 279 g/mol. The number of rotatable bonds is 4. The van der Waals surface area contributed by atoms with Gasteiger partial charge in [-0.1, -0.05) is 41.9 Å². The fourth-order valence-corrected chi connectivity index (χ4v) is 2.11. The van der Waals surface area contributed by atoms with Crippen molar-refractivity contribution in [2.75, 3.05) is 11.9 Å². The molecule has 2 rings (SSSR count). The largest absolute Gasteiger partial charge is 0.329 e. The molecule has 0 aromatic heterocycles. The van der Waals surface area contributed by atoms with Crippen molar-refractivity contribution in [3.63, 3.8) is 0 Å². The van der Waals surface area contributed by atoms with Crippen LogP contribution in [0.25, 0.3) is 0 Å². The minimum Gasteiger partial charge on any atom is -0.329 e. The predicted molar refractivity (Wildman–Crippen MR) is 78.3 cm³/mol. The van der Waals surface area contributed by atoms with Gasteiger partial charge in [0.2, 0.25) is 5.91 Å². The highest BCUT2D eigenvalue weighted by molar-refractivity contribution is 6.33. The van der Waals surface area contributed by atoms with Crippen LogP contribution in [0.3, 0.4) is 0 Å². The highest BCUT2D eigenvalue weighted by Gasteiger charge is 2.19. The number of halogens is 2. The average molecular weight is 293 g/mol. The third-order valence-corrected chi connectivity index (χ3v) is 3.26.